The third-order valence-corrected chi connectivity index (χ3v) is 2.76. The first-order valence-electron chi connectivity index (χ1n) is 4.46. The zero-order valence-corrected chi connectivity index (χ0v) is 9.66. The Morgan fingerprint density at radius 1 is 0.700 bits per heavy atom. The van der Waals surface area contributed by atoms with Crippen molar-refractivity contribution in [1.82, 2.24) is 0 Å². The molecule has 0 aliphatic carbocycles. The Balaban J connectivity index is 3.55. The molecule has 0 heterocycles. The molecule has 0 aliphatic rings. The summed E-state index contributed by atoms with van der Waals surface area (Å²) in [5.41, 5.74) is -9.69. The van der Waals surface area contributed by atoms with Gasteiger partial charge in [0.1, 0.15) is 5.82 Å². The minimum Gasteiger partial charge on any atom is -0.205 e. The molecule has 0 N–H and O–H groups in total. The van der Waals surface area contributed by atoms with E-state index in [-0.39, 0.29) is 12.1 Å². The maximum absolute atomic E-state index is 13.3. The van der Waals surface area contributed by atoms with E-state index >= 15 is 0 Å². The minimum atomic E-state index is -5.42. The molecular formula is C9H2F10S. The van der Waals surface area contributed by atoms with Crippen molar-refractivity contribution in [1.29, 1.82) is 0 Å². The van der Waals surface area contributed by atoms with Gasteiger partial charge >= 0.3 is 17.9 Å². The number of hydrogen-bond donors (Lipinski definition) is 0. The fraction of sp³-hybridized carbons (Fsp3) is 0.333. The molecule has 0 unspecified atom stereocenters. The SMILES string of the molecule is Fc1c(C(F)(F)F)ccc(C(F)(F)F)c1SC(F)(F)F. The van der Waals surface area contributed by atoms with Crippen molar-refractivity contribution in [3.05, 3.63) is 29.1 Å². The highest BCUT2D eigenvalue weighted by atomic mass is 32.2. The van der Waals surface area contributed by atoms with Gasteiger partial charge in [0.05, 0.1) is 16.0 Å². The first-order chi connectivity index (χ1) is 8.73. The maximum Gasteiger partial charge on any atom is 0.446 e. The van der Waals surface area contributed by atoms with Crippen LogP contribution >= 0.6 is 11.8 Å². The van der Waals surface area contributed by atoms with Crippen LogP contribution in [0.1, 0.15) is 11.1 Å². The fourth-order valence-corrected chi connectivity index (χ4v) is 1.94. The summed E-state index contributed by atoms with van der Waals surface area (Å²) >= 11 is -1.58. The fourth-order valence-electron chi connectivity index (χ4n) is 1.21. The van der Waals surface area contributed by atoms with E-state index in [1.807, 2.05) is 0 Å². The van der Waals surface area contributed by atoms with Gasteiger partial charge < -0.3 is 0 Å². The predicted octanol–water partition coefficient (Wildman–Crippen LogP) is 5.48. The van der Waals surface area contributed by atoms with Gasteiger partial charge in [-0.2, -0.15) is 39.5 Å². The highest BCUT2D eigenvalue weighted by Gasteiger charge is 2.44. The van der Waals surface area contributed by atoms with Crippen LogP contribution in [0.15, 0.2) is 17.0 Å². The van der Waals surface area contributed by atoms with Gasteiger partial charge in [0.2, 0.25) is 0 Å². The Hall–Kier alpha value is -1.13. The number of rotatable bonds is 1. The summed E-state index contributed by atoms with van der Waals surface area (Å²) in [5, 5.41) is 0. The van der Waals surface area contributed by atoms with Gasteiger partial charge in [-0.15, -0.1) is 0 Å². The number of alkyl halides is 9. The van der Waals surface area contributed by atoms with Crippen molar-refractivity contribution in [2.75, 3.05) is 0 Å². The lowest BCUT2D eigenvalue weighted by molar-refractivity contribution is -0.145. The number of thioether (sulfide) groups is 1. The molecule has 1 aromatic carbocycles. The minimum absolute atomic E-state index is 0.236. The molecule has 0 nitrogen and oxygen atoms in total. The lowest BCUT2D eigenvalue weighted by Gasteiger charge is -2.17. The molecular weight excluding hydrogens is 330 g/mol. The molecule has 0 aliphatic heterocycles. The number of hydrogen-bond acceptors (Lipinski definition) is 1. The monoisotopic (exact) mass is 332 g/mol. The Bertz CT molecular complexity index is 495. The van der Waals surface area contributed by atoms with Crippen molar-refractivity contribution in [3.8, 4) is 0 Å². The summed E-state index contributed by atoms with van der Waals surface area (Å²) in [7, 11) is 0. The van der Waals surface area contributed by atoms with Gasteiger partial charge in [-0.25, -0.2) is 4.39 Å². The van der Waals surface area contributed by atoms with E-state index in [1.54, 1.807) is 0 Å². The third kappa shape index (κ3) is 3.93. The molecule has 0 saturated heterocycles. The molecule has 0 radical (unpaired) electrons. The Morgan fingerprint density at radius 2 is 1.10 bits per heavy atom. The van der Waals surface area contributed by atoms with Crippen LogP contribution in [0.25, 0.3) is 0 Å². The highest BCUT2D eigenvalue weighted by Crippen LogP contribution is 2.47. The van der Waals surface area contributed by atoms with Crippen LogP contribution < -0.4 is 0 Å². The molecule has 0 saturated carbocycles. The molecule has 0 aromatic heterocycles. The van der Waals surface area contributed by atoms with Crippen LogP contribution in [0.3, 0.4) is 0 Å². The van der Waals surface area contributed by atoms with Gasteiger partial charge in [-0.05, 0) is 23.9 Å². The summed E-state index contributed by atoms with van der Waals surface area (Å²) in [5.74, 6) is -2.60. The topological polar surface area (TPSA) is 0 Å². The maximum atomic E-state index is 13.3. The van der Waals surface area contributed by atoms with Crippen molar-refractivity contribution in [2.24, 2.45) is 0 Å². The molecule has 0 bridgehead atoms. The van der Waals surface area contributed by atoms with E-state index in [2.05, 4.69) is 0 Å². The number of halogens is 10. The van der Waals surface area contributed by atoms with Gasteiger partial charge in [-0.3, -0.25) is 0 Å². The molecule has 0 atom stereocenters. The normalized spacial score (nSPS) is 13.7. The summed E-state index contributed by atoms with van der Waals surface area (Å²) in [6.07, 6.45) is -10.8. The quantitative estimate of drug-likeness (QED) is 0.485. The zero-order valence-electron chi connectivity index (χ0n) is 8.84. The van der Waals surface area contributed by atoms with Gasteiger partial charge in [0.25, 0.3) is 0 Å². The highest BCUT2D eigenvalue weighted by molar-refractivity contribution is 8.00. The Kier molecular flexibility index (Phi) is 4.24. The standard InChI is InChI=1S/C9H2F10S/c10-5-3(7(11,12)13)1-2-4(8(14,15)16)6(5)20-9(17,18)19/h1-2H. The van der Waals surface area contributed by atoms with E-state index < -0.39 is 51.5 Å². The van der Waals surface area contributed by atoms with Gasteiger partial charge in [0.15, 0.2) is 0 Å². The average molecular weight is 332 g/mol. The van der Waals surface area contributed by atoms with Gasteiger partial charge in [-0.1, -0.05) is 0 Å². The predicted molar refractivity (Wildman–Crippen MR) is 48.3 cm³/mol. The molecule has 0 spiro atoms. The average Bonchev–Trinajstić information content (AvgIpc) is 2.15. The lowest BCUT2D eigenvalue weighted by Crippen LogP contribution is -2.15. The van der Waals surface area contributed by atoms with Crippen molar-refractivity contribution >= 4 is 11.8 Å². The zero-order chi connectivity index (χ0) is 15.9. The second-order valence-electron chi connectivity index (χ2n) is 3.35. The summed E-state index contributed by atoms with van der Waals surface area (Å²) in [6, 6.07) is -0.488. The van der Waals surface area contributed by atoms with E-state index in [0.717, 1.165) is 0 Å². The molecule has 114 valence electrons. The third-order valence-electron chi connectivity index (χ3n) is 1.93. The molecule has 0 amide bonds. The van der Waals surface area contributed by atoms with E-state index in [1.165, 1.54) is 0 Å². The second kappa shape index (κ2) is 5.01. The first kappa shape index (κ1) is 16.9. The molecule has 1 rings (SSSR count). The smallest absolute Gasteiger partial charge is 0.205 e. The van der Waals surface area contributed by atoms with Gasteiger partial charge in [0, 0.05) is 0 Å². The summed E-state index contributed by atoms with van der Waals surface area (Å²) in [4.78, 5) is -2.15. The largest absolute Gasteiger partial charge is 0.446 e. The van der Waals surface area contributed by atoms with E-state index in [9.17, 15) is 43.9 Å². The molecule has 1 aromatic rings. The molecule has 20 heavy (non-hydrogen) atoms. The van der Waals surface area contributed by atoms with Crippen LogP contribution in [-0.4, -0.2) is 5.51 Å². The van der Waals surface area contributed by atoms with Crippen molar-refractivity contribution in [3.63, 3.8) is 0 Å². The van der Waals surface area contributed by atoms with E-state index in [0.29, 0.717) is 0 Å². The molecule has 11 heteroatoms. The van der Waals surface area contributed by atoms with Crippen LogP contribution in [0.4, 0.5) is 43.9 Å². The van der Waals surface area contributed by atoms with Crippen LogP contribution in [-0.2, 0) is 12.4 Å². The summed E-state index contributed by atoms with van der Waals surface area (Å²) in [6.45, 7) is 0. The van der Waals surface area contributed by atoms with Crippen LogP contribution in [0.2, 0.25) is 0 Å². The van der Waals surface area contributed by atoms with E-state index in [4.69, 9.17) is 0 Å². The van der Waals surface area contributed by atoms with Crippen molar-refractivity contribution in [2.45, 2.75) is 22.8 Å². The first-order valence-corrected chi connectivity index (χ1v) is 5.28. The van der Waals surface area contributed by atoms with Crippen LogP contribution in [0.5, 0.6) is 0 Å². The number of benzene rings is 1. The van der Waals surface area contributed by atoms with Crippen molar-refractivity contribution < 1.29 is 43.9 Å². The summed E-state index contributed by atoms with van der Waals surface area (Å²) < 4.78 is 124. The molecule has 0 fully saturated rings. The van der Waals surface area contributed by atoms with Crippen LogP contribution in [0, 0.1) is 5.82 Å². The Labute approximate surface area is 108 Å². The second-order valence-corrected chi connectivity index (χ2v) is 4.42. The Morgan fingerprint density at radius 3 is 1.45 bits per heavy atom. The lowest BCUT2D eigenvalue weighted by atomic mass is 10.1.